The maximum Gasteiger partial charge on any atom is 0.0583 e. The van der Waals surface area contributed by atoms with Crippen LogP contribution in [-0.4, -0.2) is 0 Å². The van der Waals surface area contributed by atoms with Gasteiger partial charge in [0, 0.05) is 9.48 Å². The van der Waals surface area contributed by atoms with E-state index in [4.69, 9.17) is 0 Å². The molecule has 0 radical (unpaired) electrons. The lowest BCUT2D eigenvalue weighted by molar-refractivity contribution is 0.571. The van der Waals surface area contributed by atoms with Crippen LogP contribution in [0, 0.1) is 4.91 Å². The highest BCUT2D eigenvalue weighted by atomic mass is 32.2. The molecule has 77 heavy (non-hydrogen) atoms. The molecular formula is C74H93NOS. The van der Waals surface area contributed by atoms with E-state index in [1.165, 1.54) is 89.0 Å². The molecule has 7 rings (SSSR count). The molecule has 0 spiro atoms. The van der Waals surface area contributed by atoms with Crippen molar-refractivity contribution in [3.05, 3.63) is 177 Å². The first kappa shape index (κ1) is 59.2. The molecule has 0 amide bonds. The summed E-state index contributed by atoms with van der Waals surface area (Å²) in [6.07, 6.45) is 0. The average Bonchev–Trinajstić information content (AvgIpc) is 3.31. The predicted molar refractivity (Wildman–Crippen MR) is 340 cm³/mol. The number of rotatable bonds is 8. The summed E-state index contributed by atoms with van der Waals surface area (Å²) in [6, 6.07) is 48.8. The third kappa shape index (κ3) is 12.4. The molecule has 0 fully saturated rings. The summed E-state index contributed by atoms with van der Waals surface area (Å²) in [5.74, 6) is 0. The lowest BCUT2D eigenvalue weighted by Gasteiger charge is -2.32. The fourth-order valence-corrected chi connectivity index (χ4v) is 12.4. The van der Waals surface area contributed by atoms with Crippen molar-refractivity contribution in [2.24, 2.45) is 4.58 Å². The molecule has 0 saturated heterocycles. The maximum atomic E-state index is 13.2. The van der Waals surface area contributed by atoms with Gasteiger partial charge >= 0.3 is 0 Å². The average molecular weight is 1040 g/mol. The molecule has 0 aliphatic carbocycles. The largest absolute Gasteiger partial charge is 0.137 e. The van der Waals surface area contributed by atoms with Crippen LogP contribution in [-0.2, 0) is 43.3 Å². The van der Waals surface area contributed by atoms with Gasteiger partial charge in [0.2, 0.25) is 0 Å². The molecule has 2 nitrogen and oxygen atoms in total. The van der Waals surface area contributed by atoms with Gasteiger partial charge in [-0.05, 0) is 191 Å². The first-order valence-electron chi connectivity index (χ1n) is 28.3. The molecule has 7 aromatic rings. The zero-order chi connectivity index (χ0) is 57.4. The molecule has 0 bridgehead atoms. The summed E-state index contributed by atoms with van der Waals surface area (Å²) in [4.78, 5) is 14.1. The Bertz CT molecular complexity index is 2810. The minimum absolute atomic E-state index is 0.144. The molecule has 3 heteroatoms. The summed E-state index contributed by atoms with van der Waals surface area (Å²) in [5, 5.41) is 0. The lowest BCUT2D eigenvalue weighted by atomic mass is 9.72. The fraction of sp³-hybridized carbons (Fsp3) is 0.432. The summed E-state index contributed by atoms with van der Waals surface area (Å²) in [6.45, 7) is 56.0. The van der Waals surface area contributed by atoms with Crippen LogP contribution in [0.4, 0.5) is 0 Å². The van der Waals surface area contributed by atoms with E-state index in [0.29, 0.717) is 0 Å². The smallest absolute Gasteiger partial charge is 0.0583 e. The van der Waals surface area contributed by atoms with Gasteiger partial charge in [0.15, 0.2) is 0 Å². The zero-order valence-electron chi connectivity index (χ0n) is 51.9. The van der Waals surface area contributed by atoms with Crippen LogP contribution in [0.5, 0.6) is 0 Å². The Hall–Kier alpha value is -5.51. The van der Waals surface area contributed by atoms with Gasteiger partial charge < -0.3 is 0 Å². The van der Waals surface area contributed by atoms with Gasteiger partial charge in [0.25, 0.3) is 0 Å². The van der Waals surface area contributed by atoms with Crippen molar-refractivity contribution in [2.45, 2.75) is 214 Å². The lowest BCUT2D eigenvalue weighted by Crippen LogP contribution is -2.20. The highest BCUT2D eigenvalue weighted by Crippen LogP contribution is 2.51. The first-order valence-corrected chi connectivity index (χ1v) is 29.0. The molecule has 0 heterocycles. The van der Waals surface area contributed by atoms with Gasteiger partial charge in [0.05, 0.1) is 11.9 Å². The number of nitrogens with zero attached hydrogens (tertiary/aromatic N) is 1. The van der Waals surface area contributed by atoms with E-state index in [1.807, 2.05) is 0 Å². The van der Waals surface area contributed by atoms with Crippen LogP contribution in [0.3, 0.4) is 0 Å². The molecular weight excluding hydrogens is 951 g/mol. The topological polar surface area (TPSA) is 29.4 Å². The molecule has 0 aromatic heterocycles. The number of benzene rings is 7. The Morgan fingerprint density at radius 3 is 0.597 bits per heavy atom. The van der Waals surface area contributed by atoms with Crippen molar-refractivity contribution >= 4 is 11.9 Å². The minimum atomic E-state index is -0.144. The highest BCUT2D eigenvalue weighted by Gasteiger charge is 2.33. The van der Waals surface area contributed by atoms with Crippen molar-refractivity contribution in [3.63, 3.8) is 0 Å². The van der Waals surface area contributed by atoms with E-state index in [0.717, 1.165) is 39.1 Å². The Morgan fingerprint density at radius 1 is 0.260 bits per heavy atom. The summed E-state index contributed by atoms with van der Waals surface area (Å²) in [5.41, 5.74) is 23.2. The second-order valence-corrected chi connectivity index (χ2v) is 31.1. The van der Waals surface area contributed by atoms with Crippen LogP contribution < -0.4 is 0 Å². The number of nitroso groups, excluding NO2 is 1. The molecule has 0 unspecified atom stereocenters. The van der Waals surface area contributed by atoms with Crippen LogP contribution >= 0.6 is 11.9 Å². The van der Waals surface area contributed by atoms with E-state index in [-0.39, 0.29) is 43.3 Å². The molecule has 0 aliphatic heterocycles. The third-order valence-electron chi connectivity index (χ3n) is 15.5. The minimum Gasteiger partial charge on any atom is -0.137 e. The van der Waals surface area contributed by atoms with Gasteiger partial charge in [-0.15, -0.1) is 4.91 Å². The predicted octanol–water partition coefficient (Wildman–Crippen LogP) is 22.8. The van der Waals surface area contributed by atoms with Crippen LogP contribution in [0.25, 0.3) is 66.8 Å². The van der Waals surface area contributed by atoms with Crippen molar-refractivity contribution < 1.29 is 0 Å². The zero-order valence-corrected chi connectivity index (χ0v) is 52.7. The summed E-state index contributed by atoms with van der Waals surface area (Å²) in [7, 11) is 0. The Morgan fingerprint density at radius 2 is 0.429 bits per heavy atom. The van der Waals surface area contributed by atoms with Crippen molar-refractivity contribution in [2.75, 3.05) is 0 Å². The van der Waals surface area contributed by atoms with Crippen LogP contribution in [0.15, 0.2) is 137 Å². The molecule has 0 N–H and O–H groups in total. The number of hydrogen-bond donors (Lipinski definition) is 0. The van der Waals surface area contributed by atoms with E-state index in [9.17, 15) is 4.91 Å². The molecule has 406 valence electrons. The van der Waals surface area contributed by atoms with Gasteiger partial charge in [0.1, 0.15) is 0 Å². The van der Waals surface area contributed by atoms with Crippen molar-refractivity contribution in [1.82, 2.24) is 0 Å². The molecule has 0 atom stereocenters. The molecule has 0 saturated carbocycles. The Labute approximate surface area is 471 Å². The summed E-state index contributed by atoms with van der Waals surface area (Å²) >= 11 is 1.05. The molecule has 0 aliphatic rings. The van der Waals surface area contributed by atoms with Crippen LogP contribution in [0.1, 0.15) is 211 Å². The summed E-state index contributed by atoms with van der Waals surface area (Å²) < 4.78 is 3.74. The van der Waals surface area contributed by atoms with Crippen molar-refractivity contribution in [3.8, 4) is 66.8 Å². The maximum absolute atomic E-state index is 13.2. The van der Waals surface area contributed by atoms with Gasteiger partial charge in [-0.1, -0.05) is 257 Å². The van der Waals surface area contributed by atoms with E-state index < -0.39 is 0 Å². The van der Waals surface area contributed by atoms with Gasteiger partial charge in [-0.25, -0.2) is 0 Å². The Balaban J connectivity index is 1.70. The second kappa shape index (κ2) is 20.6. The van der Waals surface area contributed by atoms with Gasteiger partial charge in [-0.3, -0.25) is 0 Å². The van der Waals surface area contributed by atoms with E-state index in [1.54, 1.807) is 0 Å². The quantitative estimate of drug-likeness (QED) is 0.112. The Kier molecular flexibility index (Phi) is 15.8. The molecule has 7 aromatic carbocycles. The third-order valence-corrected chi connectivity index (χ3v) is 16.2. The fourth-order valence-electron chi connectivity index (χ4n) is 11.7. The normalized spacial score (nSPS) is 13.3. The monoisotopic (exact) mass is 1040 g/mol. The van der Waals surface area contributed by atoms with Crippen molar-refractivity contribution in [1.29, 1.82) is 0 Å². The van der Waals surface area contributed by atoms with Crippen LogP contribution in [0.2, 0.25) is 0 Å². The van der Waals surface area contributed by atoms with E-state index >= 15 is 0 Å². The number of hydrogen-bond acceptors (Lipinski definition) is 3. The highest BCUT2D eigenvalue weighted by molar-refractivity contribution is 7.98. The van der Waals surface area contributed by atoms with Gasteiger partial charge in [-0.2, -0.15) is 0 Å². The van der Waals surface area contributed by atoms with E-state index in [2.05, 4.69) is 298 Å². The second-order valence-electron chi connectivity index (χ2n) is 30.4. The first-order chi connectivity index (χ1) is 35.2. The SMILES string of the molecule is CC(C)(C)c1cccc(C(C)(C)C)c1-c1cc(-c2cccc(-c3cc(-c4c(C(C)(C)C)cccc4C(C)(C)C)cc(-c4c(C(C)(C)C)cccc4C(C)(C)C)c3)c2SN=O)cc(-c2c(C(C)(C)C)cccc2C(C)(C)C)c1. The standard InChI is InChI=1S/C74H93NOS/c1-67(2,3)54-32-26-33-55(68(4,5)6)62(54)48-40-46(41-49(44-48)63-56(69(7,8)9)34-27-35-57(63)70(10,11)12)52-30-25-31-53(66(52)77-75-76)47-42-50(64-58(71(13,14)15)36-28-37-59(64)72(16,17)18)45-51(43-47)65-60(73(19,20)21)38-29-39-61(65)74(22,23)24/h25-45H,1-24H3.